The fraction of sp³-hybridized carbons (Fsp3) is 0.833. The van der Waals surface area contributed by atoms with Gasteiger partial charge in [-0.15, -0.1) is 5.10 Å². The van der Waals surface area contributed by atoms with Gasteiger partial charge in [0.1, 0.15) is 0 Å². The lowest BCUT2D eigenvalue weighted by atomic mass is 10.2. The predicted octanol–water partition coefficient (Wildman–Crippen LogP) is 2.51. The largest absolute Gasteiger partial charge is 0.407 e. The quantitative estimate of drug-likeness (QED) is 0.638. The second-order valence-electron chi connectivity index (χ2n) is 4.52. The molecular formula is C12H24N4OS. The van der Waals surface area contributed by atoms with Gasteiger partial charge in [-0.2, -0.15) is 11.8 Å². The molecule has 0 saturated heterocycles. The molecule has 6 heteroatoms. The van der Waals surface area contributed by atoms with Crippen molar-refractivity contribution in [2.24, 2.45) is 0 Å². The van der Waals surface area contributed by atoms with E-state index >= 15 is 0 Å². The fourth-order valence-electron chi connectivity index (χ4n) is 1.43. The molecule has 0 aliphatic rings. The maximum atomic E-state index is 5.46. The van der Waals surface area contributed by atoms with Crippen molar-refractivity contribution < 1.29 is 4.42 Å². The van der Waals surface area contributed by atoms with Gasteiger partial charge in [-0.1, -0.05) is 25.4 Å². The normalized spacial score (nSPS) is 11.1. The molecule has 0 bridgehead atoms. The van der Waals surface area contributed by atoms with Crippen LogP contribution in [0.4, 0.5) is 6.01 Å². The summed E-state index contributed by atoms with van der Waals surface area (Å²) in [5.41, 5.74) is 0. The Morgan fingerprint density at radius 2 is 2.06 bits per heavy atom. The third kappa shape index (κ3) is 6.86. The van der Waals surface area contributed by atoms with E-state index in [0.717, 1.165) is 13.0 Å². The summed E-state index contributed by atoms with van der Waals surface area (Å²) in [4.78, 5) is 0. The Kier molecular flexibility index (Phi) is 7.84. The zero-order valence-corrected chi connectivity index (χ0v) is 12.3. The number of aromatic nitrogens is 2. The van der Waals surface area contributed by atoms with Crippen LogP contribution in [0.25, 0.3) is 0 Å². The van der Waals surface area contributed by atoms with Gasteiger partial charge in [0.15, 0.2) is 0 Å². The molecule has 18 heavy (non-hydrogen) atoms. The van der Waals surface area contributed by atoms with Crippen molar-refractivity contribution in [2.45, 2.75) is 45.7 Å². The maximum absolute atomic E-state index is 5.46. The lowest BCUT2D eigenvalue weighted by Gasteiger charge is -2.03. The van der Waals surface area contributed by atoms with Crippen LogP contribution in [-0.2, 0) is 6.54 Å². The number of hydrogen-bond acceptors (Lipinski definition) is 6. The molecule has 5 nitrogen and oxygen atoms in total. The second-order valence-corrected chi connectivity index (χ2v) is 5.50. The van der Waals surface area contributed by atoms with Gasteiger partial charge in [0.2, 0.25) is 5.89 Å². The van der Waals surface area contributed by atoms with Gasteiger partial charge in [-0.3, -0.25) is 0 Å². The maximum Gasteiger partial charge on any atom is 0.315 e. The average molecular weight is 272 g/mol. The number of anilines is 1. The van der Waals surface area contributed by atoms with E-state index in [1.807, 2.05) is 11.8 Å². The third-order valence-electron chi connectivity index (χ3n) is 2.43. The van der Waals surface area contributed by atoms with E-state index in [2.05, 4.69) is 40.9 Å². The molecule has 2 N–H and O–H groups in total. The molecular weight excluding hydrogens is 248 g/mol. The van der Waals surface area contributed by atoms with Gasteiger partial charge in [0.05, 0.1) is 6.54 Å². The first-order valence-corrected chi connectivity index (χ1v) is 7.90. The minimum atomic E-state index is 0.421. The molecule has 1 rings (SSSR count). The molecule has 1 aromatic rings. The molecule has 0 fully saturated rings. The first-order valence-electron chi connectivity index (χ1n) is 6.51. The Labute approximate surface area is 114 Å². The Bertz CT molecular complexity index is 317. The second kappa shape index (κ2) is 9.22. The van der Waals surface area contributed by atoms with Crippen LogP contribution in [0.15, 0.2) is 4.42 Å². The highest BCUT2D eigenvalue weighted by Crippen LogP contribution is 2.07. The van der Waals surface area contributed by atoms with Gasteiger partial charge >= 0.3 is 6.01 Å². The summed E-state index contributed by atoms with van der Waals surface area (Å²) in [5.74, 6) is 1.87. The van der Waals surface area contributed by atoms with Crippen LogP contribution >= 0.6 is 11.8 Å². The molecule has 0 unspecified atom stereocenters. The topological polar surface area (TPSA) is 63.0 Å². The standard InChI is InChI=1S/C12H24N4OS/c1-10(2)14-9-11-15-16-12(17-11)13-7-5-4-6-8-18-3/h10,14H,4-9H2,1-3H3,(H,13,16). The first-order chi connectivity index (χ1) is 8.72. The number of nitrogens with zero attached hydrogens (tertiary/aromatic N) is 2. The highest BCUT2D eigenvalue weighted by Gasteiger charge is 2.05. The van der Waals surface area contributed by atoms with Crippen molar-refractivity contribution in [3.63, 3.8) is 0 Å². The molecule has 0 spiro atoms. The number of rotatable bonds is 10. The number of nitrogens with one attached hydrogen (secondary N) is 2. The van der Waals surface area contributed by atoms with E-state index in [-0.39, 0.29) is 0 Å². The molecule has 0 aliphatic carbocycles. The van der Waals surface area contributed by atoms with Gasteiger partial charge < -0.3 is 15.1 Å². The van der Waals surface area contributed by atoms with Crippen molar-refractivity contribution >= 4 is 17.8 Å². The van der Waals surface area contributed by atoms with E-state index in [9.17, 15) is 0 Å². The van der Waals surface area contributed by atoms with Gasteiger partial charge in [-0.05, 0) is 24.9 Å². The van der Waals surface area contributed by atoms with Crippen molar-refractivity contribution in [3.05, 3.63) is 5.89 Å². The zero-order valence-electron chi connectivity index (χ0n) is 11.5. The molecule has 0 aromatic carbocycles. The molecule has 0 saturated carbocycles. The third-order valence-corrected chi connectivity index (χ3v) is 3.13. The highest BCUT2D eigenvalue weighted by molar-refractivity contribution is 7.98. The number of unbranched alkanes of at least 4 members (excludes halogenated alkanes) is 2. The van der Waals surface area contributed by atoms with Crippen molar-refractivity contribution in [3.8, 4) is 0 Å². The van der Waals surface area contributed by atoms with Crippen molar-refractivity contribution in [1.82, 2.24) is 15.5 Å². The van der Waals surface area contributed by atoms with Crippen molar-refractivity contribution in [2.75, 3.05) is 23.9 Å². The SMILES string of the molecule is CSCCCCCNc1nnc(CNC(C)C)o1. The first kappa shape index (κ1) is 15.3. The summed E-state index contributed by atoms with van der Waals surface area (Å²) in [6, 6.07) is 0.949. The lowest BCUT2D eigenvalue weighted by Crippen LogP contribution is -2.21. The molecule has 0 aliphatic heterocycles. The van der Waals surface area contributed by atoms with E-state index in [1.165, 1.54) is 18.6 Å². The predicted molar refractivity (Wildman–Crippen MR) is 77.0 cm³/mol. The fourth-order valence-corrected chi connectivity index (χ4v) is 1.92. The van der Waals surface area contributed by atoms with E-state index in [0.29, 0.717) is 24.5 Å². The van der Waals surface area contributed by atoms with Crippen LogP contribution in [-0.4, -0.2) is 34.8 Å². The van der Waals surface area contributed by atoms with Crippen LogP contribution in [0.2, 0.25) is 0 Å². The smallest absolute Gasteiger partial charge is 0.315 e. The molecule has 1 aromatic heterocycles. The molecule has 0 atom stereocenters. The minimum Gasteiger partial charge on any atom is -0.407 e. The van der Waals surface area contributed by atoms with Gasteiger partial charge in [-0.25, -0.2) is 0 Å². The minimum absolute atomic E-state index is 0.421. The van der Waals surface area contributed by atoms with Crippen LogP contribution in [0.3, 0.4) is 0 Å². The summed E-state index contributed by atoms with van der Waals surface area (Å²) in [6.07, 6.45) is 5.80. The average Bonchev–Trinajstić information content (AvgIpc) is 2.79. The highest BCUT2D eigenvalue weighted by atomic mass is 32.2. The Hall–Kier alpha value is -0.750. The Balaban J connectivity index is 2.11. The van der Waals surface area contributed by atoms with Gasteiger partial charge in [0, 0.05) is 12.6 Å². The van der Waals surface area contributed by atoms with Crippen LogP contribution in [0.1, 0.15) is 39.0 Å². The summed E-state index contributed by atoms with van der Waals surface area (Å²) in [7, 11) is 0. The summed E-state index contributed by atoms with van der Waals surface area (Å²) in [5, 5.41) is 14.3. The molecule has 1 heterocycles. The zero-order chi connectivity index (χ0) is 13.2. The van der Waals surface area contributed by atoms with Crippen LogP contribution in [0, 0.1) is 0 Å². The van der Waals surface area contributed by atoms with Crippen molar-refractivity contribution in [1.29, 1.82) is 0 Å². The molecule has 0 radical (unpaired) electrons. The molecule has 0 amide bonds. The summed E-state index contributed by atoms with van der Waals surface area (Å²) < 4.78 is 5.46. The Morgan fingerprint density at radius 1 is 1.22 bits per heavy atom. The van der Waals surface area contributed by atoms with E-state index in [4.69, 9.17) is 4.42 Å². The Morgan fingerprint density at radius 3 is 2.78 bits per heavy atom. The van der Waals surface area contributed by atoms with E-state index < -0.39 is 0 Å². The van der Waals surface area contributed by atoms with Crippen LogP contribution in [0.5, 0.6) is 0 Å². The van der Waals surface area contributed by atoms with Gasteiger partial charge in [0.25, 0.3) is 0 Å². The summed E-state index contributed by atoms with van der Waals surface area (Å²) >= 11 is 1.90. The number of hydrogen-bond donors (Lipinski definition) is 2. The van der Waals surface area contributed by atoms with E-state index in [1.54, 1.807) is 0 Å². The number of thioether (sulfide) groups is 1. The molecule has 104 valence electrons. The van der Waals surface area contributed by atoms with Crippen LogP contribution < -0.4 is 10.6 Å². The lowest BCUT2D eigenvalue weighted by molar-refractivity contribution is 0.458. The monoisotopic (exact) mass is 272 g/mol. The summed E-state index contributed by atoms with van der Waals surface area (Å²) in [6.45, 7) is 5.70.